The SMILES string of the molecule is NC(=O)c1cc(C(=O)O)c(C(=O)OC(=O)c2cc(C(=O)O)c(C(N)=O)cc2C(=O)O)cc1C(=O)O. The van der Waals surface area contributed by atoms with E-state index in [1.165, 1.54) is 0 Å². The number of hydrogen-bond donors (Lipinski definition) is 6. The Kier molecular flexibility index (Phi) is 6.96. The average Bonchev–Trinajstić information content (AvgIpc) is 2.76. The van der Waals surface area contributed by atoms with Crippen LogP contribution in [0.3, 0.4) is 0 Å². The molecule has 2 aromatic rings. The predicted molar refractivity (Wildman–Crippen MR) is 108 cm³/mol. The van der Waals surface area contributed by atoms with Gasteiger partial charge in [-0.25, -0.2) is 28.8 Å². The van der Waals surface area contributed by atoms with E-state index >= 15 is 0 Å². The number of rotatable bonds is 8. The van der Waals surface area contributed by atoms with E-state index in [1.807, 2.05) is 0 Å². The highest BCUT2D eigenvalue weighted by Gasteiger charge is 2.30. The summed E-state index contributed by atoms with van der Waals surface area (Å²) < 4.78 is 4.45. The average molecular weight is 488 g/mol. The first-order chi connectivity index (χ1) is 16.2. The summed E-state index contributed by atoms with van der Waals surface area (Å²) in [7, 11) is 0. The fourth-order valence-electron chi connectivity index (χ4n) is 2.85. The molecule has 0 unspecified atom stereocenters. The molecule has 15 nitrogen and oxygen atoms in total. The molecule has 2 rings (SSSR count). The van der Waals surface area contributed by atoms with Gasteiger partial charge in [-0.2, -0.15) is 0 Å². The van der Waals surface area contributed by atoms with E-state index in [-0.39, 0.29) is 0 Å². The molecule has 0 fully saturated rings. The molecule has 180 valence electrons. The third-order valence-corrected chi connectivity index (χ3v) is 4.39. The zero-order valence-electron chi connectivity index (χ0n) is 16.9. The number of amides is 2. The molecule has 0 aliphatic carbocycles. The highest BCUT2D eigenvalue weighted by molar-refractivity contribution is 6.15. The number of nitrogens with two attached hydrogens (primary N) is 2. The Morgan fingerprint density at radius 2 is 0.686 bits per heavy atom. The number of esters is 2. The molecular formula is C20H12N2O13. The zero-order chi connectivity index (χ0) is 26.8. The summed E-state index contributed by atoms with van der Waals surface area (Å²) in [5, 5.41) is 37.1. The molecule has 0 saturated heterocycles. The smallest absolute Gasteiger partial charge is 0.346 e. The van der Waals surface area contributed by atoms with Gasteiger partial charge in [0.15, 0.2) is 0 Å². The molecule has 0 aliphatic rings. The number of aromatic carboxylic acids is 4. The molecule has 0 heterocycles. The van der Waals surface area contributed by atoms with Crippen LogP contribution in [-0.4, -0.2) is 68.1 Å². The van der Waals surface area contributed by atoms with Gasteiger partial charge in [0, 0.05) is 0 Å². The van der Waals surface area contributed by atoms with Gasteiger partial charge in [-0.15, -0.1) is 0 Å². The summed E-state index contributed by atoms with van der Waals surface area (Å²) in [6.45, 7) is 0. The normalized spacial score (nSPS) is 10.2. The number of carbonyl (C=O) groups is 8. The quantitative estimate of drug-likeness (QED) is 0.205. The number of hydrogen-bond acceptors (Lipinski definition) is 9. The second-order valence-electron chi connectivity index (χ2n) is 6.51. The Balaban J connectivity index is 2.66. The fourth-order valence-corrected chi connectivity index (χ4v) is 2.85. The molecule has 2 amide bonds. The number of ether oxygens (including phenoxy) is 1. The van der Waals surface area contributed by atoms with Crippen molar-refractivity contribution in [1.29, 1.82) is 0 Å². The van der Waals surface area contributed by atoms with Crippen LogP contribution in [0, 0.1) is 0 Å². The van der Waals surface area contributed by atoms with E-state index in [0.29, 0.717) is 24.3 Å². The molecule has 15 heteroatoms. The molecular weight excluding hydrogens is 476 g/mol. The summed E-state index contributed by atoms with van der Waals surface area (Å²) in [5.41, 5.74) is 2.62. The van der Waals surface area contributed by atoms with E-state index < -0.39 is 92.1 Å². The van der Waals surface area contributed by atoms with Crippen molar-refractivity contribution >= 4 is 47.6 Å². The van der Waals surface area contributed by atoms with Gasteiger partial charge in [-0.3, -0.25) is 9.59 Å². The van der Waals surface area contributed by atoms with E-state index in [1.54, 1.807) is 0 Å². The maximum atomic E-state index is 12.5. The molecule has 0 aliphatic heterocycles. The van der Waals surface area contributed by atoms with Crippen LogP contribution in [0.2, 0.25) is 0 Å². The van der Waals surface area contributed by atoms with Gasteiger partial charge in [0.25, 0.3) is 0 Å². The van der Waals surface area contributed by atoms with Gasteiger partial charge < -0.3 is 36.6 Å². The Labute approximate surface area is 192 Å². The number of carboxylic acids is 4. The van der Waals surface area contributed by atoms with Crippen molar-refractivity contribution in [2.24, 2.45) is 11.5 Å². The first-order valence-electron chi connectivity index (χ1n) is 8.82. The summed E-state index contributed by atoms with van der Waals surface area (Å²) in [4.78, 5) is 93.8. The molecule has 0 bridgehead atoms. The molecule has 2 aromatic carbocycles. The maximum Gasteiger partial charge on any atom is 0.346 e. The highest BCUT2D eigenvalue weighted by atomic mass is 16.6. The Morgan fingerprint density at radius 3 is 0.914 bits per heavy atom. The second kappa shape index (κ2) is 9.49. The van der Waals surface area contributed by atoms with Crippen LogP contribution >= 0.6 is 0 Å². The van der Waals surface area contributed by atoms with Crippen molar-refractivity contribution in [2.45, 2.75) is 0 Å². The maximum absolute atomic E-state index is 12.5. The molecule has 0 aromatic heterocycles. The summed E-state index contributed by atoms with van der Waals surface area (Å²) in [6, 6.07) is 1.72. The lowest BCUT2D eigenvalue weighted by molar-refractivity contribution is 0.0386. The Morgan fingerprint density at radius 1 is 0.457 bits per heavy atom. The van der Waals surface area contributed by atoms with Crippen molar-refractivity contribution in [3.05, 3.63) is 68.8 Å². The van der Waals surface area contributed by atoms with Gasteiger partial charge in [-0.1, -0.05) is 0 Å². The van der Waals surface area contributed by atoms with Crippen molar-refractivity contribution in [3.8, 4) is 0 Å². The van der Waals surface area contributed by atoms with Gasteiger partial charge in [-0.05, 0) is 24.3 Å². The van der Waals surface area contributed by atoms with Crippen molar-refractivity contribution in [1.82, 2.24) is 0 Å². The molecule has 8 N–H and O–H groups in total. The number of primary amides is 2. The molecule has 0 saturated carbocycles. The standard InChI is InChI=1S/C20H12N2O13/c21-13(23)5-1-9(17(29)30)11(3-7(5)15(25)26)19(33)35-20(34)12-4-8(16(27)28)6(14(22)24)2-10(12)18(31)32/h1-4H,(H2,21,23)(H2,22,24)(H,25,26)(H,27,28)(H,29,30)(H,31,32). The third-order valence-electron chi connectivity index (χ3n) is 4.39. The topological polar surface area (TPSA) is 279 Å². The first kappa shape index (κ1) is 25.7. The van der Waals surface area contributed by atoms with Crippen LogP contribution in [0.4, 0.5) is 0 Å². The number of benzene rings is 2. The first-order valence-corrected chi connectivity index (χ1v) is 8.82. The van der Waals surface area contributed by atoms with E-state index in [2.05, 4.69) is 4.74 Å². The molecule has 35 heavy (non-hydrogen) atoms. The van der Waals surface area contributed by atoms with Crippen LogP contribution in [0.15, 0.2) is 24.3 Å². The zero-order valence-corrected chi connectivity index (χ0v) is 16.9. The van der Waals surface area contributed by atoms with Gasteiger partial charge in [0.05, 0.1) is 44.5 Å². The number of carbonyl (C=O) groups excluding carboxylic acids is 4. The highest BCUT2D eigenvalue weighted by Crippen LogP contribution is 2.22. The van der Waals surface area contributed by atoms with E-state index in [0.717, 1.165) is 0 Å². The van der Waals surface area contributed by atoms with Crippen LogP contribution in [0.1, 0.15) is 82.9 Å². The molecule has 0 atom stereocenters. The largest absolute Gasteiger partial charge is 0.478 e. The minimum atomic E-state index is -1.85. The number of carboxylic acid groups (broad SMARTS) is 4. The summed E-state index contributed by atoms with van der Waals surface area (Å²) in [5.74, 6) is -13.6. The summed E-state index contributed by atoms with van der Waals surface area (Å²) in [6.07, 6.45) is 0. The monoisotopic (exact) mass is 488 g/mol. The minimum Gasteiger partial charge on any atom is -0.478 e. The lowest BCUT2D eigenvalue weighted by Gasteiger charge is -2.12. The lowest BCUT2D eigenvalue weighted by Crippen LogP contribution is -2.23. The second-order valence-corrected chi connectivity index (χ2v) is 6.51. The van der Waals surface area contributed by atoms with Crippen LogP contribution in [-0.2, 0) is 4.74 Å². The Bertz CT molecular complexity index is 1270. The van der Waals surface area contributed by atoms with Crippen molar-refractivity contribution in [3.63, 3.8) is 0 Å². The Hall–Kier alpha value is -5.60. The molecule has 0 spiro atoms. The van der Waals surface area contributed by atoms with Crippen LogP contribution < -0.4 is 11.5 Å². The van der Waals surface area contributed by atoms with E-state index in [9.17, 15) is 58.8 Å². The lowest BCUT2D eigenvalue weighted by atomic mass is 9.97. The van der Waals surface area contributed by atoms with Crippen molar-refractivity contribution < 1.29 is 63.5 Å². The van der Waals surface area contributed by atoms with E-state index in [4.69, 9.17) is 11.5 Å². The van der Waals surface area contributed by atoms with Gasteiger partial charge >= 0.3 is 35.8 Å². The van der Waals surface area contributed by atoms with Crippen molar-refractivity contribution in [2.75, 3.05) is 0 Å². The predicted octanol–water partition coefficient (Wildman–Crippen LogP) is -0.326. The van der Waals surface area contributed by atoms with Gasteiger partial charge in [0.1, 0.15) is 0 Å². The molecule has 0 radical (unpaired) electrons. The minimum absolute atomic E-state index is 0.401. The third kappa shape index (κ3) is 5.08. The van der Waals surface area contributed by atoms with Gasteiger partial charge in [0.2, 0.25) is 11.8 Å². The fraction of sp³-hybridized carbons (Fsp3) is 0. The van der Waals surface area contributed by atoms with Crippen LogP contribution in [0.25, 0.3) is 0 Å². The van der Waals surface area contributed by atoms with Crippen LogP contribution in [0.5, 0.6) is 0 Å². The summed E-state index contributed by atoms with van der Waals surface area (Å²) >= 11 is 0.